The van der Waals surface area contributed by atoms with Crippen molar-refractivity contribution in [2.45, 2.75) is 26.3 Å². The Morgan fingerprint density at radius 1 is 1.29 bits per heavy atom. The van der Waals surface area contributed by atoms with E-state index in [1.807, 2.05) is 24.3 Å². The zero-order valence-corrected chi connectivity index (χ0v) is 10.4. The van der Waals surface area contributed by atoms with Crippen molar-refractivity contribution in [2.75, 3.05) is 6.54 Å². The zero-order chi connectivity index (χ0) is 12.5. The van der Waals surface area contributed by atoms with E-state index in [-0.39, 0.29) is 11.5 Å². The van der Waals surface area contributed by atoms with Crippen LogP contribution in [0.15, 0.2) is 34.9 Å². The van der Waals surface area contributed by atoms with Gasteiger partial charge >= 0.3 is 0 Å². The number of fused-ring (bicyclic) bond motifs is 1. The molecule has 0 radical (unpaired) electrons. The largest absolute Gasteiger partial charge is 0.464 e. The summed E-state index contributed by atoms with van der Waals surface area (Å²) < 4.78 is 5.53. The minimum absolute atomic E-state index is 0.0264. The van der Waals surface area contributed by atoms with Crippen LogP contribution in [0.4, 0.5) is 0 Å². The quantitative estimate of drug-likeness (QED) is 0.851. The van der Waals surface area contributed by atoms with Gasteiger partial charge in [0.25, 0.3) is 0 Å². The molecule has 2 rings (SSSR count). The number of rotatable bonds is 4. The average molecular weight is 232 g/mol. The van der Waals surface area contributed by atoms with E-state index in [9.17, 15) is 0 Å². The van der Waals surface area contributed by atoms with Crippen molar-refractivity contribution in [2.24, 2.45) is 16.9 Å². The lowest BCUT2D eigenvalue weighted by atomic mass is 9.78. The SMILES string of the molecule is CC(C)(CCN)C(N)c1coc2ccccc12. The normalized spacial score (nSPS) is 14.1. The van der Waals surface area contributed by atoms with Gasteiger partial charge in [0.1, 0.15) is 5.58 Å². The summed E-state index contributed by atoms with van der Waals surface area (Å²) in [6, 6.07) is 7.92. The molecule has 0 bridgehead atoms. The minimum atomic E-state index is -0.0605. The highest BCUT2D eigenvalue weighted by Gasteiger charge is 2.29. The van der Waals surface area contributed by atoms with Crippen LogP contribution >= 0.6 is 0 Å². The number of hydrogen-bond acceptors (Lipinski definition) is 3. The summed E-state index contributed by atoms with van der Waals surface area (Å²) in [5.41, 5.74) is 13.9. The molecule has 0 fully saturated rings. The van der Waals surface area contributed by atoms with Crippen LogP contribution < -0.4 is 11.5 Å². The molecule has 1 aromatic heterocycles. The van der Waals surface area contributed by atoms with Crippen LogP contribution in [0, 0.1) is 5.41 Å². The minimum Gasteiger partial charge on any atom is -0.464 e. The Labute approximate surface area is 102 Å². The molecule has 1 aromatic carbocycles. The molecule has 92 valence electrons. The van der Waals surface area contributed by atoms with Crippen LogP contribution in [0.25, 0.3) is 11.0 Å². The zero-order valence-electron chi connectivity index (χ0n) is 10.4. The predicted octanol–water partition coefficient (Wildman–Crippen LogP) is 2.81. The van der Waals surface area contributed by atoms with Gasteiger partial charge in [-0.2, -0.15) is 0 Å². The topological polar surface area (TPSA) is 65.2 Å². The number of nitrogens with two attached hydrogens (primary N) is 2. The molecule has 0 spiro atoms. The maximum absolute atomic E-state index is 6.35. The van der Waals surface area contributed by atoms with E-state index >= 15 is 0 Å². The molecule has 2 aromatic rings. The summed E-state index contributed by atoms with van der Waals surface area (Å²) in [5, 5.41) is 1.10. The molecule has 1 unspecified atom stereocenters. The molecule has 3 nitrogen and oxygen atoms in total. The van der Waals surface area contributed by atoms with E-state index in [4.69, 9.17) is 15.9 Å². The standard InChI is InChI=1S/C14H20N2O/c1-14(2,7-8-15)13(16)11-9-17-12-6-4-3-5-10(11)12/h3-6,9,13H,7-8,15-16H2,1-2H3. The molecule has 0 aliphatic heterocycles. The lowest BCUT2D eigenvalue weighted by Crippen LogP contribution is -2.31. The Balaban J connectivity index is 2.40. The molecule has 3 heteroatoms. The Kier molecular flexibility index (Phi) is 3.22. The van der Waals surface area contributed by atoms with Crippen LogP contribution in [0.5, 0.6) is 0 Å². The van der Waals surface area contributed by atoms with Gasteiger partial charge < -0.3 is 15.9 Å². The fraction of sp³-hybridized carbons (Fsp3) is 0.429. The van der Waals surface area contributed by atoms with Crippen molar-refractivity contribution < 1.29 is 4.42 Å². The van der Waals surface area contributed by atoms with Crippen molar-refractivity contribution in [1.29, 1.82) is 0 Å². The molecule has 0 aliphatic rings. The van der Waals surface area contributed by atoms with Crippen LogP contribution in [-0.2, 0) is 0 Å². The molecule has 1 atom stereocenters. The number of benzene rings is 1. The van der Waals surface area contributed by atoms with E-state index in [2.05, 4.69) is 13.8 Å². The Bertz CT molecular complexity index is 502. The van der Waals surface area contributed by atoms with Crippen LogP contribution in [0.3, 0.4) is 0 Å². The molecule has 0 saturated heterocycles. The monoisotopic (exact) mass is 232 g/mol. The lowest BCUT2D eigenvalue weighted by Gasteiger charge is -2.30. The van der Waals surface area contributed by atoms with Gasteiger partial charge in [-0.3, -0.25) is 0 Å². The number of para-hydroxylation sites is 1. The van der Waals surface area contributed by atoms with Gasteiger partial charge in [-0.15, -0.1) is 0 Å². The maximum atomic E-state index is 6.35. The Hall–Kier alpha value is -1.32. The first-order valence-electron chi connectivity index (χ1n) is 5.98. The van der Waals surface area contributed by atoms with Crippen molar-refractivity contribution in [1.82, 2.24) is 0 Å². The second-order valence-corrected chi connectivity index (χ2v) is 5.19. The highest BCUT2D eigenvalue weighted by molar-refractivity contribution is 5.81. The summed E-state index contributed by atoms with van der Waals surface area (Å²) >= 11 is 0. The third-order valence-corrected chi connectivity index (χ3v) is 3.48. The van der Waals surface area contributed by atoms with Gasteiger partial charge in [-0.05, 0) is 24.4 Å². The summed E-state index contributed by atoms with van der Waals surface area (Å²) in [4.78, 5) is 0. The number of hydrogen-bond donors (Lipinski definition) is 2. The first-order chi connectivity index (χ1) is 8.06. The van der Waals surface area contributed by atoms with E-state index in [1.165, 1.54) is 0 Å². The van der Waals surface area contributed by atoms with Crippen molar-refractivity contribution in [3.8, 4) is 0 Å². The molecular formula is C14H20N2O. The highest BCUT2D eigenvalue weighted by Crippen LogP contribution is 2.37. The third kappa shape index (κ3) is 2.21. The molecule has 0 aliphatic carbocycles. The molecule has 0 saturated carbocycles. The van der Waals surface area contributed by atoms with Gasteiger partial charge in [0.2, 0.25) is 0 Å². The molecule has 17 heavy (non-hydrogen) atoms. The van der Waals surface area contributed by atoms with E-state index < -0.39 is 0 Å². The van der Waals surface area contributed by atoms with Gasteiger partial charge in [0.05, 0.1) is 6.26 Å². The molecular weight excluding hydrogens is 212 g/mol. The van der Waals surface area contributed by atoms with Gasteiger partial charge in [0.15, 0.2) is 0 Å². The molecule has 0 amide bonds. The Morgan fingerprint density at radius 3 is 2.71 bits per heavy atom. The fourth-order valence-corrected chi connectivity index (χ4v) is 2.19. The lowest BCUT2D eigenvalue weighted by molar-refractivity contribution is 0.271. The van der Waals surface area contributed by atoms with Crippen LogP contribution in [0.1, 0.15) is 31.9 Å². The maximum Gasteiger partial charge on any atom is 0.134 e. The van der Waals surface area contributed by atoms with E-state index in [1.54, 1.807) is 6.26 Å². The predicted molar refractivity (Wildman–Crippen MR) is 70.6 cm³/mol. The number of furan rings is 1. The third-order valence-electron chi connectivity index (χ3n) is 3.48. The van der Waals surface area contributed by atoms with Crippen molar-refractivity contribution >= 4 is 11.0 Å². The summed E-state index contributed by atoms with van der Waals surface area (Å²) in [7, 11) is 0. The summed E-state index contributed by atoms with van der Waals surface area (Å²) in [5.74, 6) is 0. The second-order valence-electron chi connectivity index (χ2n) is 5.19. The van der Waals surface area contributed by atoms with Crippen LogP contribution in [0.2, 0.25) is 0 Å². The fourth-order valence-electron chi connectivity index (χ4n) is 2.19. The van der Waals surface area contributed by atoms with Crippen LogP contribution in [-0.4, -0.2) is 6.54 Å². The van der Waals surface area contributed by atoms with Gasteiger partial charge in [-0.1, -0.05) is 32.0 Å². The highest BCUT2D eigenvalue weighted by atomic mass is 16.3. The summed E-state index contributed by atoms with van der Waals surface area (Å²) in [6.45, 7) is 4.94. The second kappa shape index (κ2) is 4.51. The van der Waals surface area contributed by atoms with Gasteiger partial charge in [-0.25, -0.2) is 0 Å². The smallest absolute Gasteiger partial charge is 0.134 e. The van der Waals surface area contributed by atoms with Gasteiger partial charge in [0, 0.05) is 17.0 Å². The first-order valence-corrected chi connectivity index (χ1v) is 5.98. The average Bonchev–Trinajstić information content (AvgIpc) is 2.71. The first kappa shape index (κ1) is 12.1. The molecule has 1 heterocycles. The van der Waals surface area contributed by atoms with E-state index in [0.717, 1.165) is 23.0 Å². The van der Waals surface area contributed by atoms with E-state index in [0.29, 0.717) is 6.54 Å². The molecule has 4 N–H and O–H groups in total. The Morgan fingerprint density at radius 2 is 2.00 bits per heavy atom. The summed E-state index contributed by atoms with van der Waals surface area (Å²) in [6.07, 6.45) is 2.67. The van der Waals surface area contributed by atoms with Crippen molar-refractivity contribution in [3.63, 3.8) is 0 Å². The van der Waals surface area contributed by atoms with Crippen molar-refractivity contribution in [3.05, 3.63) is 36.1 Å².